The van der Waals surface area contributed by atoms with Crippen LogP contribution in [0.2, 0.25) is 0 Å². The molecule has 0 amide bonds. The Morgan fingerprint density at radius 2 is 1.57 bits per heavy atom. The molecule has 7 heteroatoms. The second-order valence-electron chi connectivity index (χ2n) is 8.73. The first kappa shape index (κ1) is 20.7. The van der Waals surface area contributed by atoms with Gasteiger partial charge >= 0.3 is 0 Å². The third-order valence-electron chi connectivity index (χ3n) is 7.00. The Bertz CT molecular complexity index is 932. The molecule has 1 heterocycles. The third-order valence-corrected chi connectivity index (χ3v) is 7.00. The molecule has 2 fully saturated rings. The summed E-state index contributed by atoms with van der Waals surface area (Å²) in [5.74, 6) is 0.842. The maximum absolute atomic E-state index is 12.4. The topological polar surface area (TPSA) is 65.1 Å². The van der Waals surface area contributed by atoms with Gasteiger partial charge in [0, 0.05) is 44.0 Å². The number of nitrogens with zero attached hydrogens (tertiary/aromatic N) is 3. The van der Waals surface area contributed by atoms with Crippen LogP contribution in [0.3, 0.4) is 0 Å². The number of hydrogen-bond acceptors (Lipinski definition) is 7. The highest BCUT2D eigenvalue weighted by atomic mass is 16.5. The summed E-state index contributed by atoms with van der Waals surface area (Å²) < 4.78 is 5.23. The predicted molar refractivity (Wildman–Crippen MR) is 122 cm³/mol. The van der Waals surface area contributed by atoms with Crippen LogP contribution >= 0.6 is 0 Å². The lowest BCUT2D eigenvalue weighted by molar-refractivity contribution is 0.172. The van der Waals surface area contributed by atoms with Crippen LogP contribution in [0.4, 0.5) is 17.1 Å². The third kappa shape index (κ3) is 3.67. The standard InChI is InChI=1S/C23H32N4O3/c1-25(2)23(10-4-5-11-23)16-24-19-20(22(29)21(19)28)27-14-12-26(13-15-27)17-6-8-18(30-3)9-7-17/h6-9,24H,4-5,10-16H2,1-3H3. The van der Waals surface area contributed by atoms with E-state index in [0.717, 1.165) is 50.5 Å². The molecule has 2 aliphatic rings. The molecule has 0 atom stereocenters. The minimum absolute atomic E-state index is 0.0735. The van der Waals surface area contributed by atoms with E-state index in [1.54, 1.807) is 7.11 Å². The monoisotopic (exact) mass is 412 g/mol. The van der Waals surface area contributed by atoms with Crippen LogP contribution in [-0.2, 0) is 0 Å². The van der Waals surface area contributed by atoms with Crippen molar-refractivity contribution >= 4 is 17.1 Å². The Hall–Kier alpha value is -2.54. The van der Waals surface area contributed by atoms with Crippen molar-refractivity contribution in [1.29, 1.82) is 0 Å². The number of benzene rings is 1. The summed E-state index contributed by atoms with van der Waals surface area (Å²) in [4.78, 5) is 31.3. The van der Waals surface area contributed by atoms with E-state index in [0.29, 0.717) is 17.9 Å². The van der Waals surface area contributed by atoms with Crippen molar-refractivity contribution in [1.82, 2.24) is 4.90 Å². The zero-order valence-corrected chi connectivity index (χ0v) is 18.2. The molecular weight excluding hydrogens is 380 g/mol. The van der Waals surface area contributed by atoms with Gasteiger partial charge in [-0.15, -0.1) is 0 Å². The van der Waals surface area contributed by atoms with Gasteiger partial charge < -0.3 is 24.8 Å². The molecule has 1 saturated heterocycles. The van der Waals surface area contributed by atoms with E-state index in [4.69, 9.17) is 4.74 Å². The number of methoxy groups -OCH3 is 1. The molecule has 2 aromatic rings. The van der Waals surface area contributed by atoms with E-state index in [2.05, 4.69) is 46.2 Å². The van der Waals surface area contributed by atoms with Crippen LogP contribution in [0.15, 0.2) is 33.9 Å². The zero-order chi connectivity index (χ0) is 21.3. The Balaban J connectivity index is 1.41. The summed E-state index contributed by atoms with van der Waals surface area (Å²) in [5.41, 5.74) is 1.61. The van der Waals surface area contributed by atoms with Crippen molar-refractivity contribution in [3.8, 4) is 5.75 Å². The lowest BCUT2D eigenvalue weighted by Crippen LogP contribution is -2.53. The molecule has 1 saturated carbocycles. The fraction of sp³-hybridized carbons (Fsp3) is 0.565. The minimum atomic E-state index is -0.366. The van der Waals surface area contributed by atoms with Gasteiger partial charge in [0.2, 0.25) is 0 Å². The first-order valence-corrected chi connectivity index (χ1v) is 10.8. The molecule has 4 rings (SSSR count). The fourth-order valence-corrected chi connectivity index (χ4v) is 4.89. The number of piperazine rings is 1. The highest BCUT2D eigenvalue weighted by molar-refractivity contribution is 5.75. The van der Waals surface area contributed by atoms with Crippen molar-refractivity contribution in [2.45, 2.75) is 31.2 Å². The maximum atomic E-state index is 12.4. The lowest BCUT2D eigenvalue weighted by Gasteiger charge is -2.39. The number of nitrogens with one attached hydrogen (secondary N) is 1. The normalized spacial score (nSPS) is 18.9. The van der Waals surface area contributed by atoms with Gasteiger partial charge in [-0.1, -0.05) is 12.8 Å². The second kappa shape index (κ2) is 8.30. The Kier molecular flexibility index (Phi) is 5.73. The van der Waals surface area contributed by atoms with E-state index in [1.807, 2.05) is 12.1 Å². The SMILES string of the molecule is COc1ccc(N2CCN(c3c(NCC4(N(C)C)CCCC4)c(=O)c3=O)CC2)cc1. The highest BCUT2D eigenvalue weighted by Crippen LogP contribution is 2.34. The summed E-state index contributed by atoms with van der Waals surface area (Å²) in [6.07, 6.45) is 4.68. The Labute approximate surface area is 177 Å². The number of hydrogen-bond donors (Lipinski definition) is 1. The average molecular weight is 413 g/mol. The summed E-state index contributed by atoms with van der Waals surface area (Å²) in [6, 6.07) is 8.04. The first-order valence-electron chi connectivity index (χ1n) is 10.8. The maximum Gasteiger partial charge on any atom is 0.253 e. The minimum Gasteiger partial charge on any atom is -0.497 e. The fourth-order valence-electron chi connectivity index (χ4n) is 4.89. The number of likely N-dealkylation sites (N-methyl/N-ethyl adjacent to an activating group) is 1. The van der Waals surface area contributed by atoms with Crippen LogP contribution < -0.4 is 30.7 Å². The summed E-state index contributed by atoms with van der Waals surface area (Å²) in [6.45, 7) is 3.79. The van der Waals surface area contributed by atoms with Gasteiger partial charge in [0.25, 0.3) is 10.9 Å². The molecule has 162 valence electrons. The molecule has 2 aromatic carbocycles. The van der Waals surface area contributed by atoms with Gasteiger partial charge in [-0.05, 0) is 51.2 Å². The Morgan fingerprint density at radius 3 is 2.13 bits per heavy atom. The van der Waals surface area contributed by atoms with E-state index in [1.165, 1.54) is 12.8 Å². The molecular formula is C23H32N4O3. The smallest absolute Gasteiger partial charge is 0.253 e. The zero-order valence-electron chi connectivity index (χ0n) is 18.2. The molecule has 1 aliphatic heterocycles. The van der Waals surface area contributed by atoms with Crippen molar-refractivity contribution in [3.05, 3.63) is 44.7 Å². The number of ether oxygens (including phenoxy) is 1. The van der Waals surface area contributed by atoms with E-state index >= 15 is 0 Å². The van der Waals surface area contributed by atoms with Crippen LogP contribution in [-0.4, -0.2) is 64.4 Å². The van der Waals surface area contributed by atoms with E-state index in [9.17, 15) is 9.59 Å². The van der Waals surface area contributed by atoms with Gasteiger partial charge in [-0.3, -0.25) is 9.59 Å². The van der Waals surface area contributed by atoms with Crippen molar-refractivity contribution in [3.63, 3.8) is 0 Å². The summed E-state index contributed by atoms with van der Waals surface area (Å²) in [5, 5.41) is 3.36. The quantitative estimate of drug-likeness (QED) is 0.697. The predicted octanol–water partition coefficient (Wildman–Crippen LogP) is 1.90. The van der Waals surface area contributed by atoms with Gasteiger partial charge in [0.05, 0.1) is 7.11 Å². The summed E-state index contributed by atoms with van der Waals surface area (Å²) >= 11 is 0. The number of anilines is 3. The average Bonchev–Trinajstić information content (AvgIpc) is 3.26. The van der Waals surface area contributed by atoms with Gasteiger partial charge in [-0.25, -0.2) is 0 Å². The van der Waals surface area contributed by atoms with Gasteiger partial charge in [0.15, 0.2) is 0 Å². The molecule has 0 radical (unpaired) electrons. The molecule has 0 spiro atoms. The molecule has 1 N–H and O–H groups in total. The highest BCUT2D eigenvalue weighted by Gasteiger charge is 2.37. The van der Waals surface area contributed by atoms with Crippen molar-refractivity contribution in [2.24, 2.45) is 0 Å². The summed E-state index contributed by atoms with van der Waals surface area (Å²) in [7, 11) is 5.87. The van der Waals surface area contributed by atoms with E-state index in [-0.39, 0.29) is 16.4 Å². The van der Waals surface area contributed by atoms with Gasteiger partial charge in [-0.2, -0.15) is 0 Å². The molecule has 1 aliphatic carbocycles. The number of rotatable bonds is 7. The second-order valence-corrected chi connectivity index (χ2v) is 8.73. The molecule has 0 bridgehead atoms. The molecule has 0 aromatic heterocycles. The van der Waals surface area contributed by atoms with Crippen LogP contribution in [0, 0.1) is 0 Å². The van der Waals surface area contributed by atoms with Crippen molar-refractivity contribution in [2.75, 3.05) is 69.0 Å². The van der Waals surface area contributed by atoms with E-state index < -0.39 is 0 Å². The Morgan fingerprint density at radius 1 is 0.967 bits per heavy atom. The van der Waals surface area contributed by atoms with Crippen LogP contribution in [0.25, 0.3) is 0 Å². The molecule has 30 heavy (non-hydrogen) atoms. The molecule has 7 nitrogen and oxygen atoms in total. The largest absolute Gasteiger partial charge is 0.497 e. The van der Waals surface area contributed by atoms with Crippen molar-refractivity contribution < 1.29 is 4.74 Å². The lowest BCUT2D eigenvalue weighted by atomic mass is 9.95. The molecule has 0 unspecified atom stereocenters. The van der Waals surface area contributed by atoms with Crippen LogP contribution in [0.1, 0.15) is 25.7 Å². The van der Waals surface area contributed by atoms with Crippen LogP contribution in [0.5, 0.6) is 5.75 Å². The first-order chi connectivity index (χ1) is 14.4. The van der Waals surface area contributed by atoms with Gasteiger partial charge in [0.1, 0.15) is 17.1 Å².